The first-order chi connectivity index (χ1) is 10.3. The predicted octanol–water partition coefficient (Wildman–Crippen LogP) is 2.43. The lowest BCUT2D eigenvalue weighted by molar-refractivity contribution is 0.291. The minimum Gasteiger partial charge on any atom is -0.491 e. The summed E-state index contributed by atoms with van der Waals surface area (Å²) in [5.41, 5.74) is 2.26. The number of imidazole rings is 1. The molecule has 1 aliphatic rings. The lowest BCUT2D eigenvalue weighted by Crippen LogP contribution is -2.22. The van der Waals surface area contributed by atoms with Crippen LogP contribution in [0.15, 0.2) is 30.7 Å². The zero-order chi connectivity index (χ0) is 14.7. The zero-order valence-electron chi connectivity index (χ0n) is 12.5. The van der Waals surface area contributed by atoms with Gasteiger partial charge in [0.05, 0.1) is 24.3 Å². The van der Waals surface area contributed by atoms with Crippen LogP contribution < -0.4 is 14.8 Å². The van der Waals surface area contributed by atoms with Gasteiger partial charge in [0.25, 0.3) is 0 Å². The van der Waals surface area contributed by atoms with Crippen LogP contribution in [-0.2, 0) is 13.7 Å². The van der Waals surface area contributed by atoms with Crippen LogP contribution in [0.2, 0.25) is 0 Å². The van der Waals surface area contributed by atoms with E-state index in [2.05, 4.69) is 23.3 Å². The minimum atomic E-state index is 0.297. The number of benzene rings is 1. The summed E-state index contributed by atoms with van der Waals surface area (Å²) in [4.78, 5) is 4.08. The Kier molecular flexibility index (Phi) is 4.10. The number of aryl methyl sites for hydroxylation is 1. The first kappa shape index (κ1) is 13.9. The Morgan fingerprint density at radius 1 is 1.48 bits per heavy atom. The molecule has 2 aromatic rings. The van der Waals surface area contributed by atoms with Crippen LogP contribution in [0.4, 0.5) is 0 Å². The van der Waals surface area contributed by atoms with Gasteiger partial charge in [-0.05, 0) is 25.1 Å². The normalized spacial score (nSPS) is 16.6. The van der Waals surface area contributed by atoms with E-state index in [-0.39, 0.29) is 0 Å². The third-order valence-corrected chi connectivity index (χ3v) is 3.71. The Labute approximate surface area is 124 Å². The van der Waals surface area contributed by atoms with E-state index >= 15 is 0 Å². The molecule has 0 saturated carbocycles. The van der Waals surface area contributed by atoms with Crippen LogP contribution >= 0.6 is 0 Å². The number of ether oxygens (including phenoxy) is 2. The Morgan fingerprint density at radius 3 is 3.14 bits per heavy atom. The van der Waals surface area contributed by atoms with Gasteiger partial charge in [0.15, 0.2) is 0 Å². The van der Waals surface area contributed by atoms with Crippen molar-refractivity contribution in [2.24, 2.45) is 7.05 Å². The van der Waals surface area contributed by atoms with Crippen LogP contribution in [0, 0.1) is 0 Å². The molecule has 112 valence electrons. The summed E-state index contributed by atoms with van der Waals surface area (Å²) in [5, 5.41) is 3.49. The molecule has 0 fully saturated rings. The molecule has 0 saturated heterocycles. The summed E-state index contributed by atoms with van der Waals surface area (Å²) in [6.45, 7) is 4.37. The Bertz CT molecular complexity index is 609. The Balaban J connectivity index is 1.65. The molecule has 1 unspecified atom stereocenters. The lowest BCUT2D eigenvalue weighted by atomic mass is 10.1. The highest BCUT2D eigenvalue weighted by molar-refractivity contribution is 5.45. The van der Waals surface area contributed by atoms with E-state index in [1.807, 2.05) is 29.9 Å². The second-order valence-corrected chi connectivity index (χ2v) is 5.30. The van der Waals surface area contributed by atoms with Gasteiger partial charge in [0, 0.05) is 18.7 Å². The summed E-state index contributed by atoms with van der Waals surface area (Å²) >= 11 is 0. The lowest BCUT2D eigenvalue weighted by Gasteiger charge is -2.11. The van der Waals surface area contributed by atoms with Crippen molar-refractivity contribution >= 4 is 0 Å². The van der Waals surface area contributed by atoms with Crippen molar-refractivity contribution in [1.29, 1.82) is 0 Å². The summed E-state index contributed by atoms with van der Waals surface area (Å²) in [7, 11) is 1.96. The fourth-order valence-electron chi connectivity index (χ4n) is 2.45. The van der Waals surface area contributed by atoms with E-state index in [1.165, 1.54) is 5.56 Å². The van der Waals surface area contributed by atoms with E-state index in [9.17, 15) is 0 Å². The molecule has 5 nitrogen and oxygen atoms in total. The fraction of sp³-hybridized carbons (Fsp3) is 0.438. The smallest absolute Gasteiger partial charge is 0.130 e. The maximum absolute atomic E-state index is 5.81. The first-order valence-electron chi connectivity index (χ1n) is 7.36. The number of hydrogen-bond acceptors (Lipinski definition) is 4. The standard InChI is InChI=1S/C16H21N3O2/c1-3-6-18-15-10-21-16-7-13(4-5-14(15)16)20-9-12-8-17-11-19(12)2/h4-5,7-8,11,15,18H,3,6,9-10H2,1-2H3. The molecule has 1 aromatic carbocycles. The van der Waals surface area contributed by atoms with E-state index in [0.29, 0.717) is 19.3 Å². The van der Waals surface area contributed by atoms with Gasteiger partial charge in [0.2, 0.25) is 0 Å². The maximum Gasteiger partial charge on any atom is 0.130 e. The average molecular weight is 287 g/mol. The van der Waals surface area contributed by atoms with Gasteiger partial charge >= 0.3 is 0 Å². The summed E-state index contributed by atoms with van der Waals surface area (Å²) in [5.74, 6) is 1.75. The van der Waals surface area contributed by atoms with Gasteiger partial charge in [-0.25, -0.2) is 4.98 Å². The van der Waals surface area contributed by atoms with Crippen LogP contribution in [-0.4, -0.2) is 22.7 Å². The summed E-state index contributed by atoms with van der Waals surface area (Å²) < 4.78 is 13.5. The maximum atomic E-state index is 5.81. The second-order valence-electron chi connectivity index (χ2n) is 5.30. The number of fused-ring (bicyclic) bond motifs is 1. The van der Waals surface area contributed by atoms with E-state index < -0.39 is 0 Å². The molecule has 0 aliphatic carbocycles. The number of nitrogens with one attached hydrogen (secondary N) is 1. The number of aromatic nitrogens is 2. The Hall–Kier alpha value is -2.01. The molecule has 0 amide bonds. The van der Waals surface area contributed by atoms with Crippen molar-refractivity contribution in [2.45, 2.75) is 26.0 Å². The molecule has 1 atom stereocenters. The van der Waals surface area contributed by atoms with Crippen molar-refractivity contribution in [1.82, 2.24) is 14.9 Å². The van der Waals surface area contributed by atoms with Crippen molar-refractivity contribution in [3.8, 4) is 11.5 Å². The molecule has 0 bridgehead atoms. The minimum absolute atomic E-state index is 0.297. The monoisotopic (exact) mass is 287 g/mol. The molecular formula is C16H21N3O2. The first-order valence-corrected chi connectivity index (χ1v) is 7.36. The highest BCUT2D eigenvalue weighted by Gasteiger charge is 2.23. The van der Waals surface area contributed by atoms with Crippen LogP contribution in [0.1, 0.15) is 30.6 Å². The average Bonchev–Trinajstić information content (AvgIpc) is 3.09. The fourth-order valence-corrected chi connectivity index (χ4v) is 2.45. The largest absolute Gasteiger partial charge is 0.491 e. The molecule has 0 radical (unpaired) electrons. The van der Waals surface area contributed by atoms with E-state index in [1.54, 1.807) is 6.33 Å². The molecule has 1 N–H and O–H groups in total. The summed E-state index contributed by atoms with van der Waals surface area (Å²) in [6, 6.07) is 6.36. The quantitative estimate of drug-likeness (QED) is 0.886. The molecule has 21 heavy (non-hydrogen) atoms. The number of rotatable bonds is 6. The van der Waals surface area contributed by atoms with Crippen molar-refractivity contribution in [3.05, 3.63) is 42.0 Å². The molecule has 1 aromatic heterocycles. The number of hydrogen-bond donors (Lipinski definition) is 1. The highest BCUT2D eigenvalue weighted by atomic mass is 16.5. The molecule has 2 heterocycles. The predicted molar refractivity (Wildman–Crippen MR) is 80.5 cm³/mol. The molecule has 3 rings (SSSR count). The van der Waals surface area contributed by atoms with E-state index in [0.717, 1.165) is 30.2 Å². The van der Waals surface area contributed by atoms with Crippen LogP contribution in [0.5, 0.6) is 11.5 Å². The number of nitrogens with zero attached hydrogens (tertiary/aromatic N) is 2. The van der Waals surface area contributed by atoms with Gasteiger partial charge in [-0.1, -0.05) is 6.92 Å². The molecular weight excluding hydrogens is 266 g/mol. The third kappa shape index (κ3) is 3.03. The van der Waals surface area contributed by atoms with Crippen molar-refractivity contribution in [3.63, 3.8) is 0 Å². The van der Waals surface area contributed by atoms with Gasteiger partial charge in [-0.15, -0.1) is 0 Å². The summed E-state index contributed by atoms with van der Waals surface area (Å²) in [6.07, 6.45) is 4.71. The van der Waals surface area contributed by atoms with Crippen molar-refractivity contribution in [2.75, 3.05) is 13.2 Å². The van der Waals surface area contributed by atoms with Crippen molar-refractivity contribution < 1.29 is 9.47 Å². The van der Waals surface area contributed by atoms with Gasteiger partial charge in [0.1, 0.15) is 24.7 Å². The van der Waals surface area contributed by atoms with Gasteiger partial charge < -0.3 is 19.4 Å². The zero-order valence-corrected chi connectivity index (χ0v) is 12.5. The van der Waals surface area contributed by atoms with Crippen LogP contribution in [0.25, 0.3) is 0 Å². The van der Waals surface area contributed by atoms with Crippen LogP contribution in [0.3, 0.4) is 0 Å². The van der Waals surface area contributed by atoms with Gasteiger partial charge in [-0.2, -0.15) is 0 Å². The molecule has 1 aliphatic heterocycles. The highest BCUT2D eigenvalue weighted by Crippen LogP contribution is 2.35. The SMILES string of the molecule is CCCNC1COc2cc(OCc3cncn3C)ccc21. The third-order valence-electron chi connectivity index (χ3n) is 3.71. The van der Waals surface area contributed by atoms with E-state index in [4.69, 9.17) is 9.47 Å². The molecule has 5 heteroatoms. The van der Waals surface area contributed by atoms with Gasteiger partial charge in [-0.3, -0.25) is 0 Å². The second kappa shape index (κ2) is 6.18. The topological polar surface area (TPSA) is 48.3 Å². The Morgan fingerprint density at radius 2 is 2.38 bits per heavy atom. The molecule has 0 spiro atoms.